The van der Waals surface area contributed by atoms with Gasteiger partial charge in [0.2, 0.25) is 17.6 Å². The minimum Gasteiger partial charge on any atom is -0.343 e. The Labute approximate surface area is 133 Å². The van der Waals surface area contributed by atoms with E-state index in [0.717, 1.165) is 6.07 Å². The van der Waals surface area contributed by atoms with Crippen LogP contribution in [0, 0.1) is 5.82 Å². The van der Waals surface area contributed by atoms with E-state index in [0.29, 0.717) is 18.7 Å². The van der Waals surface area contributed by atoms with E-state index >= 15 is 0 Å². The average Bonchev–Trinajstić information content (AvgIpc) is 2.98. The van der Waals surface area contributed by atoms with Gasteiger partial charge in [-0.15, -0.1) is 0 Å². The molecule has 24 heavy (non-hydrogen) atoms. The van der Waals surface area contributed by atoms with Crippen molar-refractivity contribution >= 4 is 5.91 Å². The Morgan fingerprint density at radius 1 is 1.38 bits per heavy atom. The number of likely N-dealkylation sites (N-methyl/N-ethyl adjacent to an activating group) is 1. The van der Waals surface area contributed by atoms with Crippen LogP contribution in [0.4, 0.5) is 17.6 Å². The van der Waals surface area contributed by atoms with E-state index in [1.54, 1.807) is 7.05 Å². The van der Waals surface area contributed by atoms with Crippen LogP contribution in [0.1, 0.15) is 17.5 Å². The first-order valence-corrected chi connectivity index (χ1v) is 6.94. The first kappa shape index (κ1) is 16.4. The molecule has 6 nitrogen and oxygen atoms in total. The van der Waals surface area contributed by atoms with E-state index in [4.69, 9.17) is 4.52 Å². The number of carbonyl (C=O) groups is 1. The van der Waals surface area contributed by atoms with E-state index < -0.39 is 23.6 Å². The van der Waals surface area contributed by atoms with Crippen molar-refractivity contribution < 1.29 is 26.9 Å². The highest BCUT2D eigenvalue weighted by Gasteiger charge is 2.34. The normalized spacial score (nSPS) is 19.0. The van der Waals surface area contributed by atoms with Crippen molar-refractivity contribution in [1.29, 1.82) is 0 Å². The molecule has 10 heteroatoms. The number of aromatic nitrogens is 2. The van der Waals surface area contributed by atoms with Gasteiger partial charge in [0.15, 0.2) is 0 Å². The highest BCUT2D eigenvalue weighted by Crippen LogP contribution is 2.33. The Morgan fingerprint density at radius 2 is 2.12 bits per heavy atom. The second-order valence-electron chi connectivity index (χ2n) is 5.36. The lowest BCUT2D eigenvalue weighted by Crippen LogP contribution is -2.47. The minimum atomic E-state index is -4.77. The number of alkyl halides is 3. The van der Waals surface area contributed by atoms with Crippen molar-refractivity contribution in [3.8, 4) is 11.4 Å². The van der Waals surface area contributed by atoms with Crippen LogP contribution in [0.2, 0.25) is 0 Å². The quantitative estimate of drug-likeness (QED) is 0.844. The van der Waals surface area contributed by atoms with Crippen molar-refractivity contribution in [3.63, 3.8) is 0 Å². The van der Waals surface area contributed by atoms with Crippen LogP contribution in [0.15, 0.2) is 22.7 Å². The third-order valence-corrected chi connectivity index (χ3v) is 3.65. The third-order valence-electron chi connectivity index (χ3n) is 3.65. The van der Waals surface area contributed by atoms with Gasteiger partial charge in [0.05, 0.1) is 12.1 Å². The zero-order valence-electron chi connectivity index (χ0n) is 12.4. The van der Waals surface area contributed by atoms with Crippen molar-refractivity contribution in [2.75, 3.05) is 20.1 Å². The fourth-order valence-corrected chi connectivity index (χ4v) is 2.33. The molecule has 1 aliphatic rings. The number of piperazine rings is 1. The summed E-state index contributed by atoms with van der Waals surface area (Å²) in [6.45, 7) is 0.412. The van der Waals surface area contributed by atoms with Gasteiger partial charge in [0.1, 0.15) is 11.9 Å². The van der Waals surface area contributed by atoms with E-state index in [1.807, 2.05) is 0 Å². The Kier molecular flexibility index (Phi) is 3.99. The predicted molar refractivity (Wildman–Crippen MR) is 73.1 cm³/mol. The summed E-state index contributed by atoms with van der Waals surface area (Å²) in [5.41, 5.74) is -1.29. The van der Waals surface area contributed by atoms with Gasteiger partial charge in [-0.05, 0) is 12.1 Å². The topological polar surface area (TPSA) is 71.3 Å². The van der Waals surface area contributed by atoms with Crippen LogP contribution in [0.25, 0.3) is 11.4 Å². The average molecular weight is 344 g/mol. The van der Waals surface area contributed by atoms with Gasteiger partial charge >= 0.3 is 6.18 Å². The Morgan fingerprint density at radius 3 is 2.75 bits per heavy atom. The zero-order chi connectivity index (χ0) is 17.5. The highest BCUT2D eigenvalue weighted by molar-refractivity contribution is 5.78. The Bertz CT molecular complexity index is 774. The first-order valence-electron chi connectivity index (χ1n) is 6.94. The number of nitrogens with zero attached hydrogens (tertiary/aromatic N) is 3. The Hall–Kier alpha value is -2.49. The lowest BCUT2D eigenvalue weighted by molar-refractivity contribution is -0.140. The maximum absolute atomic E-state index is 13.6. The molecule has 1 unspecified atom stereocenters. The van der Waals surface area contributed by atoms with Crippen molar-refractivity contribution in [1.82, 2.24) is 20.4 Å². The molecule has 1 aromatic carbocycles. The van der Waals surface area contributed by atoms with E-state index in [9.17, 15) is 22.4 Å². The van der Waals surface area contributed by atoms with Gasteiger partial charge < -0.3 is 9.42 Å². The van der Waals surface area contributed by atoms with Crippen LogP contribution >= 0.6 is 0 Å². The molecule has 0 bridgehead atoms. The molecule has 1 aromatic heterocycles. The van der Waals surface area contributed by atoms with Gasteiger partial charge in [-0.25, -0.2) is 4.39 Å². The van der Waals surface area contributed by atoms with Crippen molar-refractivity contribution in [2.45, 2.75) is 12.2 Å². The van der Waals surface area contributed by atoms with Crippen LogP contribution in [0.5, 0.6) is 0 Å². The molecule has 1 fully saturated rings. The third kappa shape index (κ3) is 3.09. The number of nitrogens with one attached hydrogen (secondary N) is 1. The van der Waals surface area contributed by atoms with Crippen LogP contribution in [-0.2, 0) is 11.0 Å². The molecule has 1 N–H and O–H groups in total. The molecule has 1 atom stereocenters. The number of halogens is 4. The summed E-state index contributed by atoms with van der Waals surface area (Å²) in [6.07, 6.45) is -4.77. The molecular formula is C14H12F4N4O2. The van der Waals surface area contributed by atoms with Gasteiger partial charge in [0.25, 0.3) is 0 Å². The van der Waals surface area contributed by atoms with Gasteiger partial charge in [-0.3, -0.25) is 10.1 Å². The maximum atomic E-state index is 13.6. The first-order chi connectivity index (χ1) is 11.3. The predicted octanol–water partition coefficient (Wildman–Crippen LogP) is 2.00. The largest absolute Gasteiger partial charge is 0.419 e. The van der Waals surface area contributed by atoms with E-state index in [2.05, 4.69) is 15.5 Å². The van der Waals surface area contributed by atoms with Crippen molar-refractivity contribution in [3.05, 3.63) is 35.5 Å². The number of hydrogen-bond donors (Lipinski definition) is 1. The molecule has 1 amide bonds. The van der Waals surface area contributed by atoms with Crippen LogP contribution in [0.3, 0.4) is 0 Å². The molecule has 2 heterocycles. The lowest BCUT2D eigenvalue weighted by Gasteiger charge is -2.28. The van der Waals surface area contributed by atoms with Gasteiger partial charge in [-0.1, -0.05) is 11.2 Å². The molecular weight excluding hydrogens is 332 g/mol. The summed E-state index contributed by atoms with van der Waals surface area (Å²) < 4.78 is 56.4. The molecule has 2 aromatic rings. The molecule has 1 aliphatic heterocycles. The summed E-state index contributed by atoms with van der Waals surface area (Å²) >= 11 is 0. The van der Waals surface area contributed by atoms with Gasteiger partial charge in [0, 0.05) is 19.2 Å². The minimum absolute atomic E-state index is 0.0287. The number of amides is 1. The molecule has 3 rings (SSSR count). The number of rotatable bonds is 2. The molecule has 0 aliphatic carbocycles. The molecule has 1 saturated heterocycles. The van der Waals surface area contributed by atoms with E-state index in [-0.39, 0.29) is 29.7 Å². The fraction of sp³-hybridized carbons (Fsp3) is 0.357. The van der Waals surface area contributed by atoms with E-state index in [1.165, 1.54) is 4.90 Å². The highest BCUT2D eigenvalue weighted by atomic mass is 19.4. The maximum Gasteiger partial charge on any atom is 0.419 e. The molecule has 0 saturated carbocycles. The van der Waals surface area contributed by atoms with Crippen LogP contribution in [-0.4, -0.2) is 41.1 Å². The molecule has 0 radical (unpaired) electrons. The molecule has 0 spiro atoms. The summed E-state index contributed by atoms with van der Waals surface area (Å²) in [5, 5.41) is 6.57. The van der Waals surface area contributed by atoms with Crippen molar-refractivity contribution in [2.24, 2.45) is 0 Å². The fourth-order valence-electron chi connectivity index (χ4n) is 2.33. The summed E-state index contributed by atoms with van der Waals surface area (Å²) in [7, 11) is 1.62. The second kappa shape index (κ2) is 5.86. The zero-order valence-corrected chi connectivity index (χ0v) is 12.4. The number of carbonyl (C=O) groups excluding carboxylic acids is 1. The number of hydrogen-bond acceptors (Lipinski definition) is 5. The summed E-state index contributed by atoms with van der Waals surface area (Å²) in [5.74, 6) is -1.35. The summed E-state index contributed by atoms with van der Waals surface area (Å²) in [6, 6.07) is 2.02. The van der Waals surface area contributed by atoms with Gasteiger partial charge in [-0.2, -0.15) is 18.2 Å². The second-order valence-corrected chi connectivity index (χ2v) is 5.36. The monoisotopic (exact) mass is 344 g/mol. The smallest absolute Gasteiger partial charge is 0.343 e. The van der Waals surface area contributed by atoms with Crippen LogP contribution < -0.4 is 5.32 Å². The summed E-state index contributed by atoms with van der Waals surface area (Å²) in [4.78, 5) is 17.0. The molecule has 128 valence electrons. The standard InChI is InChI=1S/C14H12F4N4O2/c1-22-6-10(19-5-11(22)23)13-20-12(21-24-13)7-2-3-8(9(15)4-7)14(16,17)18/h2-4,10,19H,5-6H2,1H3. The SMILES string of the molecule is CN1CC(c2nc(-c3ccc(C(F)(F)F)c(F)c3)no2)NCC1=O. The Balaban J connectivity index is 1.83. The lowest BCUT2D eigenvalue weighted by atomic mass is 10.1. The number of benzene rings is 1.